The third kappa shape index (κ3) is 2.65. The summed E-state index contributed by atoms with van der Waals surface area (Å²) in [4.78, 5) is 5.23. The van der Waals surface area contributed by atoms with E-state index in [0.717, 1.165) is 16.0 Å². The molecule has 0 fully saturated rings. The number of benzene rings is 2. The lowest BCUT2D eigenvalue weighted by Gasteiger charge is -2.35. The average molecular weight is 370 g/mol. The van der Waals surface area contributed by atoms with E-state index in [0.29, 0.717) is 5.02 Å². The second-order valence-electron chi connectivity index (χ2n) is 5.57. The summed E-state index contributed by atoms with van der Waals surface area (Å²) in [5, 5.41) is 0.659. The van der Waals surface area contributed by atoms with Gasteiger partial charge in [-0.2, -0.15) is 0 Å². The average Bonchev–Trinajstić information content (AvgIpc) is 3.33. The highest BCUT2D eigenvalue weighted by Crippen LogP contribution is 2.42. The fourth-order valence-corrected chi connectivity index (χ4v) is 4.07. The first kappa shape index (κ1) is 16.0. The molecule has 0 bridgehead atoms. The van der Waals surface area contributed by atoms with Crippen LogP contribution in [-0.2, 0) is 5.54 Å². The molecule has 2 heterocycles. The molecule has 0 radical (unpaired) electrons. The van der Waals surface area contributed by atoms with Gasteiger partial charge in [0.05, 0.1) is 11.2 Å². The first-order chi connectivity index (χ1) is 12.2. The van der Waals surface area contributed by atoms with E-state index >= 15 is 0 Å². The Hall–Kier alpha value is -2.50. The molecule has 0 spiro atoms. The topological polar surface area (TPSA) is 30.7 Å². The summed E-state index contributed by atoms with van der Waals surface area (Å²) in [6, 6.07) is 16.2. The maximum Gasteiger partial charge on any atom is 0.132 e. The molecule has 4 aromatic rings. The Balaban J connectivity index is 2.08. The van der Waals surface area contributed by atoms with Crippen LogP contribution in [0.4, 0.5) is 4.39 Å². The fourth-order valence-electron chi connectivity index (χ4n) is 3.12. The van der Waals surface area contributed by atoms with Crippen molar-refractivity contribution in [2.75, 3.05) is 0 Å². The summed E-state index contributed by atoms with van der Waals surface area (Å²) < 4.78 is 19.9. The van der Waals surface area contributed by atoms with Crippen molar-refractivity contribution in [2.45, 2.75) is 5.54 Å². The van der Waals surface area contributed by atoms with Gasteiger partial charge in [0.25, 0.3) is 0 Å². The zero-order valence-corrected chi connectivity index (χ0v) is 14.6. The molecule has 0 amide bonds. The highest BCUT2D eigenvalue weighted by Gasteiger charge is 2.39. The molecule has 6 heteroatoms. The Morgan fingerprint density at radius 3 is 2.16 bits per heavy atom. The van der Waals surface area contributed by atoms with Crippen molar-refractivity contribution in [3.8, 4) is 0 Å². The van der Waals surface area contributed by atoms with E-state index in [-0.39, 0.29) is 5.82 Å². The van der Waals surface area contributed by atoms with Crippen LogP contribution < -0.4 is 0 Å². The summed E-state index contributed by atoms with van der Waals surface area (Å²) in [6.45, 7) is 0. The lowest BCUT2D eigenvalue weighted by atomic mass is 9.81. The van der Waals surface area contributed by atoms with Gasteiger partial charge in [-0.3, -0.25) is 0 Å². The number of halogens is 2. The molecule has 0 aliphatic carbocycles. The van der Waals surface area contributed by atoms with E-state index < -0.39 is 5.54 Å². The number of hydrogen-bond donors (Lipinski definition) is 0. The molecule has 2 aromatic heterocycles. The van der Waals surface area contributed by atoms with Gasteiger partial charge in [-0.25, -0.2) is 13.7 Å². The number of rotatable bonds is 4. The van der Waals surface area contributed by atoms with Crippen LogP contribution in [0.1, 0.15) is 16.0 Å². The van der Waals surface area contributed by atoms with Crippen molar-refractivity contribution in [3.05, 3.63) is 106 Å². The van der Waals surface area contributed by atoms with Gasteiger partial charge in [-0.05, 0) is 53.0 Å². The van der Waals surface area contributed by atoms with E-state index in [1.807, 2.05) is 41.1 Å². The molecule has 2 aromatic carbocycles. The number of hydrogen-bond acceptors (Lipinski definition) is 3. The number of imidazole rings is 1. The van der Waals surface area contributed by atoms with Crippen molar-refractivity contribution in [1.82, 2.24) is 13.9 Å². The molecule has 124 valence electrons. The van der Waals surface area contributed by atoms with Crippen molar-refractivity contribution in [3.63, 3.8) is 0 Å². The molecule has 3 nitrogen and oxygen atoms in total. The van der Waals surface area contributed by atoms with Crippen molar-refractivity contribution >= 4 is 23.1 Å². The third-order valence-electron chi connectivity index (χ3n) is 4.21. The van der Waals surface area contributed by atoms with Gasteiger partial charge < -0.3 is 4.57 Å². The monoisotopic (exact) mass is 369 g/mol. The predicted octanol–water partition coefficient (Wildman–Crippen LogP) is 4.97. The number of aromatic nitrogens is 3. The molecule has 0 aliphatic heterocycles. The van der Waals surface area contributed by atoms with Crippen LogP contribution in [0.3, 0.4) is 0 Å². The summed E-state index contributed by atoms with van der Waals surface area (Å²) in [5.74, 6) is -0.274. The molecular formula is C19H13ClFN3S. The predicted molar refractivity (Wildman–Crippen MR) is 97.5 cm³/mol. The van der Waals surface area contributed by atoms with Crippen molar-refractivity contribution in [1.29, 1.82) is 0 Å². The molecule has 25 heavy (non-hydrogen) atoms. The van der Waals surface area contributed by atoms with E-state index in [4.69, 9.17) is 11.6 Å². The minimum atomic E-state index is -0.698. The van der Waals surface area contributed by atoms with Gasteiger partial charge in [0.15, 0.2) is 0 Å². The lowest BCUT2D eigenvalue weighted by Crippen LogP contribution is -2.36. The molecule has 0 saturated carbocycles. The van der Waals surface area contributed by atoms with Crippen LogP contribution in [0.5, 0.6) is 0 Å². The minimum Gasteiger partial charge on any atom is -0.318 e. The van der Waals surface area contributed by atoms with Gasteiger partial charge in [0.2, 0.25) is 0 Å². The summed E-state index contributed by atoms with van der Waals surface area (Å²) in [7, 11) is 0. The first-order valence-electron chi connectivity index (χ1n) is 7.63. The van der Waals surface area contributed by atoms with E-state index in [9.17, 15) is 4.39 Å². The zero-order chi connectivity index (χ0) is 17.3. The maximum atomic E-state index is 13.6. The Kier molecular flexibility index (Phi) is 4.11. The van der Waals surface area contributed by atoms with Gasteiger partial charge in [-0.1, -0.05) is 35.9 Å². The van der Waals surface area contributed by atoms with E-state index in [2.05, 4.69) is 9.36 Å². The minimum absolute atomic E-state index is 0.274. The van der Waals surface area contributed by atoms with E-state index in [1.54, 1.807) is 30.9 Å². The lowest BCUT2D eigenvalue weighted by molar-refractivity contribution is 0.522. The Labute approximate surface area is 153 Å². The van der Waals surface area contributed by atoms with Gasteiger partial charge in [0.1, 0.15) is 11.4 Å². The Bertz CT molecular complexity index is 867. The van der Waals surface area contributed by atoms with Crippen LogP contribution in [0.25, 0.3) is 0 Å². The molecule has 0 N–H and O–H groups in total. The second kappa shape index (κ2) is 6.43. The molecule has 0 aliphatic rings. The smallest absolute Gasteiger partial charge is 0.132 e. The maximum absolute atomic E-state index is 13.6. The van der Waals surface area contributed by atoms with Crippen molar-refractivity contribution < 1.29 is 4.39 Å². The van der Waals surface area contributed by atoms with Gasteiger partial charge >= 0.3 is 0 Å². The zero-order valence-electron chi connectivity index (χ0n) is 13.0. The van der Waals surface area contributed by atoms with Crippen LogP contribution in [0.2, 0.25) is 5.02 Å². The largest absolute Gasteiger partial charge is 0.318 e. The molecule has 4 rings (SSSR count). The quantitative estimate of drug-likeness (QED) is 0.508. The normalized spacial score (nSPS) is 13.5. The molecule has 1 atom stereocenters. The third-order valence-corrected chi connectivity index (χ3v) is 5.32. The number of nitrogens with zero attached hydrogens (tertiary/aromatic N) is 3. The molecule has 0 saturated heterocycles. The van der Waals surface area contributed by atoms with Crippen molar-refractivity contribution in [2.24, 2.45) is 0 Å². The van der Waals surface area contributed by atoms with Crippen LogP contribution in [0, 0.1) is 5.82 Å². The highest BCUT2D eigenvalue weighted by atomic mass is 35.5. The SMILES string of the molecule is Fc1ccc(C(c2ccc(Cl)cc2)(c2ccns2)n2ccnc2)cc1. The Morgan fingerprint density at radius 2 is 1.60 bits per heavy atom. The van der Waals surface area contributed by atoms with Gasteiger partial charge in [0, 0.05) is 23.6 Å². The summed E-state index contributed by atoms with van der Waals surface area (Å²) >= 11 is 7.50. The van der Waals surface area contributed by atoms with Crippen LogP contribution in [-0.4, -0.2) is 13.9 Å². The first-order valence-corrected chi connectivity index (χ1v) is 8.78. The van der Waals surface area contributed by atoms with Crippen LogP contribution in [0.15, 0.2) is 79.5 Å². The summed E-state index contributed by atoms with van der Waals surface area (Å²) in [6.07, 6.45) is 7.16. The van der Waals surface area contributed by atoms with Gasteiger partial charge in [-0.15, -0.1) is 0 Å². The second-order valence-corrected chi connectivity index (χ2v) is 6.84. The Morgan fingerprint density at radius 1 is 0.920 bits per heavy atom. The summed E-state index contributed by atoms with van der Waals surface area (Å²) in [5.41, 5.74) is 1.21. The van der Waals surface area contributed by atoms with E-state index in [1.165, 1.54) is 23.7 Å². The molecule has 1 unspecified atom stereocenters. The fraction of sp³-hybridized carbons (Fsp3) is 0.0526. The highest BCUT2D eigenvalue weighted by molar-refractivity contribution is 7.06. The standard InChI is InChI=1S/C19H13ClFN3S/c20-16-5-1-14(2-6-16)19(18-9-10-23-25-18,24-12-11-22-13-24)15-3-7-17(21)8-4-15/h1-13H. The van der Waals surface area contributed by atoms with Crippen LogP contribution >= 0.6 is 23.1 Å². The molecular weight excluding hydrogens is 357 g/mol.